The molecule has 2 unspecified atom stereocenters. The van der Waals surface area contributed by atoms with Gasteiger partial charge in [0.15, 0.2) is 0 Å². The summed E-state index contributed by atoms with van der Waals surface area (Å²) in [6, 6.07) is 4.87. The van der Waals surface area contributed by atoms with Gasteiger partial charge in [-0.25, -0.2) is 12.7 Å². The molecular formula is C14H21ClN2O2S. The predicted octanol–water partition coefficient (Wildman–Crippen LogP) is 2.34. The minimum Gasteiger partial charge on any atom is -0.316 e. The van der Waals surface area contributed by atoms with Gasteiger partial charge in [0.25, 0.3) is 0 Å². The average molecular weight is 317 g/mol. The first-order valence-corrected chi connectivity index (χ1v) is 8.57. The molecule has 1 saturated carbocycles. The lowest BCUT2D eigenvalue weighted by Crippen LogP contribution is -2.29. The highest BCUT2D eigenvalue weighted by Crippen LogP contribution is 2.38. The van der Waals surface area contributed by atoms with E-state index in [0.717, 1.165) is 12.0 Å². The molecule has 0 aromatic heterocycles. The standard InChI is InChI=1S/C14H21ClN2O2S/c1-10-6-12(10)9-17(3)20(18,19)13-4-5-14(15)11(7-13)8-16-2/h4-5,7,10,12,16H,6,8-9H2,1-3H3. The fourth-order valence-corrected chi connectivity index (χ4v) is 3.76. The van der Waals surface area contributed by atoms with E-state index >= 15 is 0 Å². The Morgan fingerprint density at radius 1 is 1.45 bits per heavy atom. The van der Waals surface area contributed by atoms with Gasteiger partial charge in [-0.3, -0.25) is 0 Å². The van der Waals surface area contributed by atoms with Gasteiger partial charge in [-0.2, -0.15) is 0 Å². The molecule has 1 aromatic carbocycles. The van der Waals surface area contributed by atoms with E-state index in [2.05, 4.69) is 12.2 Å². The lowest BCUT2D eigenvalue weighted by molar-refractivity contribution is 0.444. The van der Waals surface area contributed by atoms with Gasteiger partial charge in [0, 0.05) is 25.2 Å². The van der Waals surface area contributed by atoms with E-state index in [-0.39, 0.29) is 0 Å². The molecule has 0 spiro atoms. The lowest BCUT2D eigenvalue weighted by atomic mass is 10.2. The van der Waals surface area contributed by atoms with Gasteiger partial charge in [-0.15, -0.1) is 0 Å². The molecule has 2 rings (SSSR count). The normalized spacial score (nSPS) is 22.2. The molecule has 0 heterocycles. The van der Waals surface area contributed by atoms with Gasteiger partial charge in [-0.1, -0.05) is 18.5 Å². The number of halogens is 1. The summed E-state index contributed by atoms with van der Waals surface area (Å²) in [5.41, 5.74) is 0.795. The van der Waals surface area contributed by atoms with Gasteiger partial charge in [-0.05, 0) is 49.1 Å². The highest BCUT2D eigenvalue weighted by molar-refractivity contribution is 7.89. The Morgan fingerprint density at radius 2 is 2.10 bits per heavy atom. The molecule has 0 aliphatic heterocycles. The molecule has 20 heavy (non-hydrogen) atoms. The maximum Gasteiger partial charge on any atom is 0.242 e. The summed E-state index contributed by atoms with van der Waals surface area (Å²) < 4.78 is 26.5. The van der Waals surface area contributed by atoms with E-state index in [9.17, 15) is 8.42 Å². The van der Waals surface area contributed by atoms with Crippen LogP contribution in [-0.4, -0.2) is 33.4 Å². The molecule has 2 atom stereocenters. The second-order valence-electron chi connectivity index (χ2n) is 5.54. The number of nitrogens with zero attached hydrogens (tertiary/aromatic N) is 1. The molecule has 112 valence electrons. The zero-order chi connectivity index (χ0) is 14.9. The van der Waals surface area contributed by atoms with E-state index in [1.807, 2.05) is 0 Å². The smallest absolute Gasteiger partial charge is 0.242 e. The summed E-state index contributed by atoms with van der Waals surface area (Å²) in [6.45, 7) is 3.29. The Morgan fingerprint density at radius 3 is 2.65 bits per heavy atom. The quantitative estimate of drug-likeness (QED) is 0.876. The van der Waals surface area contributed by atoms with E-state index in [4.69, 9.17) is 11.6 Å². The summed E-state index contributed by atoms with van der Waals surface area (Å²) >= 11 is 6.07. The first-order valence-electron chi connectivity index (χ1n) is 6.75. The van der Waals surface area contributed by atoms with Crippen molar-refractivity contribution in [2.45, 2.75) is 24.8 Å². The lowest BCUT2D eigenvalue weighted by Gasteiger charge is -2.18. The van der Waals surface area contributed by atoms with Crippen molar-refractivity contribution in [2.75, 3.05) is 20.6 Å². The van der Waals surface area contributed by atoms with Gasteiger partial charge >= 0.3 is 0 Å². The monoisotopic (exact) mass is 316 g/mol. The third-order valence-electron chi connectivity index (χ3n) is 3.86. The van der Waals surface area contributed by atoms with Crippen LogP contribution in [0, 0.1) is 11.8 Å². The van der Waals surface area contributed by atoms with Gasteiger partial charge in [0.1, 0.15) is 0 Å². The topological polar surface area (TPSA) is 49.4 Å². The minimum atomic E-state index is -3.43. The number of hydrogen-bond donors (Lipinski definition) is 1. The van der Waals surface area contributed by atoms with Crippen molar-refractivity contribution in [3.05, 3.63) is 28.8 Å². The van der Waals surface area contributed by atoms with E-state index in [1.54, 1.807) is 32.3 Å². The van der Waals surface area contributed by atoms with Gasteiger partial charge in [0.05, 0.1) is 4.90 Å². The number of benzene rings is 1. The summed E-state index contributed by atoms with van der Waals surface area (Å²) in [7, 11) is 0.0211. The van der Waals surface area contributed by atoms with Crippen molar-refractivity contribution >= 4 is 21.6 Å². The molecule has 1 aliphatic carbocycles. The number of hydrogen-bond acceptors (Lipinski definition) is 3. The number of sulfonamides is 1. The third-order valence-corrected chi connectivity index (χ3v) is 6.05. The first kappa shape index (κ1) is 15.8. The molecule has 0 radical (unpaired) electrons. The Balaban J connectivity index is 2.22. The van der Waals surface area contributed by atoms with Crippen LogP contribution in [-0.2, 0) is 16.6 Å². The van der Waals surface area contributed by atoms with Crippen LogP contribution < -0.4 is 5.32 Å². The van der Waals surface area contributed by atoms with Crippen LogP contribution in [0.5, 0.6) is 0 Å². The Kier molecular flexibility index (Phi) is 4.74. The minimum absolute atomic E-state index is 0.308. The summed E-state index contributed by atoms with van der Waals surface area (Å²) in [4.78, 5) is 0.308. The van der Waals surface area contributed by atoms with Gasteiger partial charge < -0.3 is 5.32 Å². The molecule has 1 aliphatic rings. The molecule has 0 bridgehead atoms. The van der Waals surface area contributed by atoms with E-state index in [0.29, 0.717) is 34.8 Å². The van der Waals surface area contributed by atoms with Crippen molar-refractivity contribution in [1.29, 1.82) is 0 Å². The van der Waals surface area contributed by atoms with Crippen molar-refractivity contribution in [3.8, 4) is 0 Å². The van der Waals surface area contributed by atoms with Crippen molar-refractivity contribution in [2.24, 2.45) is 11.8 Å². The highest BCUT2D eigenvalue weighted by atomic mass is 35.5. The molecule has 1 N–H and O–H groups in total. The fraction of sp³-hybridized carbons (Fsp3) is 0.571. The van der Waals surface area contributed by atoms with Crippen LogP contribution in [0.3, 0.4) is 0 Å². The van der Waals surface area contributed by atoms with Crippen LogP contribution >= 0.6 is 11.6 Å². The summed E-state index contributed by atoms with van der Waals surface area (Å²) in [6.07, 6.45) is 1.12. The van der Waals surface area contributed by atoms with Crippen molar-refractivity contribution in [3.63, 3.8) is 0 Å². The largest absolute Gasteiger partial charge is 0.316 e. The fourth-order valence-electron chi connectivity index (χ4n) is 2.30. The second kappa shape index (κ2) is 6.02. The second-order valence-corrected chi connectivity index (χ2v) is 7.99. The van der Waals surface area contributed by atoms with Crippen LogP contribution in [0.25, 0.3) is 0 Å². The van der Waals surface area contributed by atoms with E-state index < -0.39 is 10.0 Å². The molecule has 0 saturated heterocycles. The van der Waals surface area contributed by atoms with Crippen LogP contribution in [0.1, 0.15) is 18.9 Å². The molecule has 0 amide bonds. The Hall–Kier alpha value is -0.620. The van der Waals surface area contributed by atoms with Crippen LogP contribution in [0.4, 0.5) is 0 Å². The van der Waals surface area contributed by atoms with Crippen LogP contribution in [0.15, 0.2) is 23.1 Å². The SMILES string of the molecule is CNCc1cc(S(=O)(=O)N(C)CC2CC2C)ccc1Cl. The highest BCUT2D eigenvalue weighted by Gasteiger charge is 2.36. The van der Waals surface area contributed by atoms with Gasteiger partial charge in [0.2, 0.25) is 10.0 Å². The number of rotatable bonds is 6. The van der Waals surface area contributed by atoms with Crippen molar-refractivity contribution < 1.29 is 8.42 Å². The maximum atomic E-state index is 12.5. The Labute approximate surface area is 126 Å². The molecular weight excluding hydrogens is 296 g/mol. The first-order chi connectivity index (χ1) is 9.36. The molecule has 6 heteroatoms. The Bertz CT molecular complexity index is 589. The summed E-state index contributed by atoms with van der Waals surface area (Å²) in [5, 5.41) is 3.57. The summed E-state index contributed by atoms with van der Waals surface area (Å²) in [5.74, 6) is 1.14. The molecule has 1 fully saturated rings. The zero-order valence-corrected chi connectivity index (χ0v) is 13.6. The maximum absolute atomic E-state index is 12.5. The average Bonchev–Trinajstić information content (AvgIpc) is 3.07. The number of nitrogens with one attached hydrogen (secondary N) is 1. The third kappa shape index (κ3) is 3.34. The van der Waals surface area contributed by atoms with Crippen molar-refractivity contribution in [1.82, 2.24) is 9.62 Å². The molecule has 1 aromatic rings. The van der Waals surface area contributed by atoms with E-state index in [1.165, 1.54) is 4.31 Å². The zero-order valence-electron chi connectivity index (χ0n) is 12.1. The molecule has 4 nitrogen and oxygen atoms in total. The van der Waals surface area contributed by atoms with Crippen LogP contribution in [0.2, 0.25) is 5.02 Å². The predicted molar refractivity (Wildman–Crippen MR) is 81.3 cm³/mol.